The fourth-order valence-electron chi connectivity index (χ4n) is 4.60. The van der Waals surface area contributed by atoms with Crippen LogP contribution in [0.25, 0.3) is 0 Å². The molecule has 0 N–H and O–H groups in total. The van der Waals surface area contributed by atoms with Gasteiger partial charge in [0.05, 0.1) is 10.7 Å². The Morgan fingerprint density at radius 1 is 0.683 bits per heavy atom. The lowest BCUT2D eigenvalue weighted by Gasteiger charge is -2.31. The molecule has 0 unspecified atom stereocenters. The van der Waals surface area contributed by atoms with Gasteiger partial charge in [-0.3, -0.25) is 0 Å². The maximum absolute atomic E-state index is 12.2. The summed E-state index contributed by atoms with van der Waals surface area (Å²) in [6, 6.07) is 11.7. The Bertz CT molecular complexity index is 1170. The van der Waals surface area contributed by atoms with Gasteiger partial charge in [-0.2, -0.15) is 0 Å². The molecule has 2 rings (SSSR count). The summed E-state index contributed by atoms with van der Waals surface area (Å²) in [4.78, 5) is 14.7. The van der Waals surface area contributed by atoms with Crippen LogP contribution in [0.3, 0.4) is 0 Å². The second-order valence-corrected chi connectivity index (χ2v) is 19.5. The van der Waals surface area contributed by atoms with Crippen LogP contribution in [0.1, 0.15) is 126 Å². The van der Waals surface area contributed by atoms with E-state index < -0.39 is 0 Å². The Labute approximate surface area is 260 Å². The lowest BCUT2D eigenvalue weighted by molar-refractivity contribution is -0.145. The van der Waals surface area contributed by atoms with Gasteiger partial charge in [-0.25, -0.2) is 4.79 Å². The first-order valence-electron chi connectivity index (χ1n) is 14.9. The summed E-state index contributed by atoms with van der Waals surface area (Å²) in [5.74, 6) is 0.486. The Kier molecular flexibility index (Phi) is 11.3. The number of thioether (sulfide) groups is 2. The predicted octanol–water partition coefficient (Wildman–Crippen LogP) is 10.7. The van der Waals surface area contributed by atoms with Crippen LogP contribution in [0.4, 0.5) is 0 Å². The molecule has 0 aliphatic heterocycles. The van der Waals surface area contributed by atoms with Crippen LogP contribution in [-0.2, 0) is 32.2 Å². The largest absolute Gasteiger partial charge is 0.481 e. The molecule has 0 amide bonds. The number of hydrogen-bond acceptors (Lipinski definition) is 5. The molecule has 3 nitrogen and oxygen atoms in total. The topological polar surface area (TPSA) is 35.5 Å². The van der Waals surface area contributed by atoms with Gasteiger partial charge in [0.2, 0.25) is 0 Å². The minimum absolute atomic E-state index is 0.0570. The van der Waals surface area contributed by atoms with Crippen LogP contribution >= 0.6 is 23.5 Å². The molecule has 0 aliphatic rings. The van der Waals surface area contributed by atoms with Crippen LogP contribution in [0, 0.1) is 5.41 Å². The van der Waals surface area contributed by atoms with Crippen LogP contribution < -0.4 is 4.74 Å². The number of rotatable bonds is 9. The standard InChI is InChI=1S/C36H56O3S2/c1-16-38-30(37)23-39-31-24(22-32(2,3)4)17-27(21-29(31)35(11,12)13)40-36(14,15)41-28-19-25(33(5,6)7)18-26(20-28)34(8,9)10/h17-21H,16,22-23H2,1-15H3. The summed E-state index contributed by atoms with van der Waals surface area (Å²) in [6.07, 6.45) is 0.846. The first kappa shape index (κ1) is 35.6. The molecule has 0 fully saturated rings. The molecule has 41 heavy (non-hydrogen) atoms. The summed E-state index contributed by atoms with van der Waals surface area (Å²) < 4.78 is 11.3. The molecule has 0 saturated carbocycles. The number of carbonyl (C=O) groups is 1. The van der Waals surface area contributed by atoms with Crippen molar-refractivity contribution in [1.82, 2.24) is 0 Å². The molecule has 2 aromatic rings. The summed E-state index contributed by atoms with van der Waals surface area (Å²) in [5.41, 5.74) is 5.07. The van der Waals surface area contributed by atoms with Gasteiger partial charge >= 0.3 is 5.97 Å². The van der Waals surface area contributed by atoms with Crippen LogP contribution in [0.2, 0.25) is 0 Å². The minimum atomic E-state index is -0.336. The van der Waals surface area contributed by atoms with Gasteiger partial charge in [0, 0.05) is 15.4 Å². The van der Waals surface area contributed by atoms with Gasteiger partial charge in [0.25, 0.3) is 0 Å². The smallest absolute Gasteiger partial charge is 0.344 e. The minimum Gasteiger partial charge on any atom is -0.481 e. The Morgan fingerprint density at radius 2 is 1.17 bits per heavy atom. The van der Waals surface area contributed by atoms with Crippen molar-refractivity contribution in [2.75, 3.05) is 13.2 Å². The molecule has 0 aliphatic carbocycles. The van der Waals surface area contributed by atoms with Gasteiger partial charge in [0.15, 0.2) is 6.61 Å². The molecule has 0 heterocycles. The quantitative estimate of drug-likeness (QED) is 0.162. The third-order valence-electron chi connectivity index (χ3n) is 6.67. The summed E-state index contributed by atoms with van der Waals surface area (Å²) in [6.45, 7) is 33.8. The van der Waals surface area contributed by atoms with E-state index in [1.165, 1.54) is 20.9 Å². The van der Waals surface area contributed by atoms with E-state index in [4.69, 9.17) is 9.47 Å². The van der Waals surface area contributed by atoms with E-state index in [0.29, 0.717) is 6.61 Å². The maximum Gasteiger partial charge on any atom is 0.344 e. The van der Waals surface area contributed by atoms with Crippen molar-refractivity contribution >= 4 is 29.5 Å². The first-order valence-corrected chi connectivity index (χ1v) is 16.5. The molecule has 0 atom stereocenters. The van der Waals surface area contributed by atoms with Crippen molar-refractivity contribution in [2.24, 2.45) is 5.41 Å². The number of carbonyl (C=O) groups excluding carboxylic acids is 1. The number of benzene rings is 2. The van der Waals surface area contributed by atoms with Crippen molar-refractivity contribution in [1.29, 1.82) is 0 Å². The van der Waals surface area contributed by atoms with E-state index >= 15 is 0 Å². The highest BCUT2D eigenvalue weighted by Crippen LogP contribution is 2.49. The average molecular weight is 601 g/mol. The van der Waals surface area contributed by atoms with Gasteiger partial charge in [-0.05, 0) is 89.8 Å². The maximum atomic E-state index is 12.2. The van der Waals surface area contributed by atoms with E-state index in [0.717, 1.165) is 23.3 Å². The molecule has 0 aromatic heterocycles. The third kappa shape index (κ3) is 11.2. The SMILES string of the molecule is CCOC(=O)COc1c(CC(C)(C)C)cc(SC(C)(C)Sc2cc(C(C)(C)C)cc(C(C)(C)C)c2)cc1C(C)(C)C. The summed E-state index contributed by atoms with van der Waals surface area (Å²) in [5, 5.41) is 0. The molecule has 0 saturated heterocycles. The normalized spacial score (nSPS) is 13.3. The fraction of sp³-hybridized carbons (Fsp3) is 0.639. The molecule has 0 radical (unpaired) electrons. The highest BCUT2D eigenvalue weighted by Gasteiger charge is 2.29. The van der Waals surface area contributed by atoms with E-state index in [9.17, 15) is 4.79 Å². The van der Waals surface area contributed by atoms with Crippen LogP contribution in [-0.4, -0.2) is 23.3 Å². The Balaban J connectivity index is 2.56. The Hall–Kier alpha value is -1.59. The lowest BCUT2D eigenvalue weighted by atomic mass is 9.81. The van der Waals surface area contributed by atoms with E-state index in [-0.39, 0.29) is 38.3 Å². The highest BCUT2D eigenvalue weighted by atomic mass is 32.2. The average Bonchev–Trinajstić information content (AvgIpc) is 2.74. The zero-order valence-electron chi connectivity index (χ0n) is 28.5. The van der Waals surface area contributed by atoms with Gasteiger partial charge in [-0.1, -0.05) is 89.2 Å². The first-order chi connectivity index (χ1) is 18.4. The fourth-order valence-corrected chi connectivity index (χ4v) is 7.22. The van der Waals surface area contributed by atoms with Crippen molar-refractivity contribution in [3.05, 3.63) is 52.6 Å². The molecule has 2 aromatic carbocycles. The van der Waals surface area contributed by atoms with E-state index in [1.807, 2.05) is 30.4 Å². The molecule has 5 heteroatoms. The van der Waals surface area contributed by atoms with E-state index in [2.05, 4.69) is 127 Å². The molecular formula is C36H56O3S2. The monoisotopic (exact) mass is 600 g/mol. The second kappa shape index (κ2) is 13.0. The predicted molar refractivity (Wildman–Crippen MR) is 180 cm³/mol. The van der Waals surface area contributed by atoms with Crippen molar-refractivity contribution in [3.63, 3.8) is 0 Å². The zero-order chi connectivity index (χ0) is 31.6. The third-order valence-corrected chi connectivity index (χ3v) is 9.10. The lowest BCUT2D eigenvalue weighted by Crippen LogP contribution is -2.21. The summed E-state index contributed by atoms with van der Waals surface area (Å²) in [7, 11) is 0. The summed E-state index contributed by atoms with van der Waals surface area (Å²) >= 11 is 3.82. The molecule has 0 spiro atoms. The molecule has 0 bridgehead atoms. The van der Waals surface area contributed by atoms with Crippen molar-refractivity contribution in [2.45, 2.75) is 140 Å². The Morgan fingerprint density at radius 3 is 1.59 bits per heavy atom. The number of hydrogen-bond donors (Lipinski definition) is 0. The molecular weight excluding hydrogens is 545 g/mol. The number of esters is 1. The van der Waals surface area contributed by atoms with Crippen molar-refractivity contribution < 1.29 is 14.3 Å². The van der Waals surface area contributed by atoms with Crippen LogP contribution in [0.5, 0.6) is 5.75 Å². The van der Waals surface area contributed by atoms with Gasteiger partial charge in [0.1, 0.15) is 5.75 Å². The number of ether oxygens (including phenoxy) is 2. The van der Waals surface area contributed by atoms with Crippen LogP contribution in [0.15, 0.2) is 40.1 Å². The highest BCUT2D eigenvalue weighted by molar-refractivity contribution is 8.18. The van der Waals surface area contributed by atoms with Gasteiger partial charge < -0.3 is 9.47 Å². The second-order valence-electron chi connectivity index (χ2n) is 15.9. The van der Waals surface area contributed by atoms with Crippen molar-refractivity contribution in [3.8, 4) is 5.75 Å². The zero-order valence-corrected chi connectivity index (χ0v) is 30.2. The van der Waals surface area contributed by atoms with E-state index in [1.54, 1.807) is 0 Å². The van der Waals surface area contributed by atoms with Gasteiger partial charge in [-0.15, -0.1) is 23.5 Å². The molecule has 230 valence electrons.